The van der Waals surface area contributed by atoms with E-state index in [1.54, 1.807) is 0 Å². The molecule has 9 atom stereocenters. The maximum absolute atomic E-state index is 6.94. The van der Waals surface area contributed by atoms with Gasteiger partial charge in [-0.05, 0) is 137 Å². The van der Waals surface area contributed by atoms with Gasteiger partial charge < -0.3 is 15.8 Å². The Morgan fingerprint density at radius 3 is 2.04 bits per heavy atom. The van der Waals surface area contributed by atoms with Crippen LogP contribution < -0.4 is 11.1 Å². The van der Waals surface area contributed by atoms with Gasteiger partial charge in [-0.15, -0.1) is 0 Å². The van der Waals surface area contributed by atoms with Crippen LogP contribution in [0.5, 0.6) is 0 Å². The smallest absolute Gasteiger partial charge is 0.0637 e. The first-order valence-corrected chi connectivity index (χ1v) is 21.5. The number of hydrogen-bond acceptors (Lipinski definition) is 3. The van der Waals surface area contributed by atoms with Gasteiger partial charge in [-0.3, -0.25) is 0 Å². The minimum atomic E-state index is 0.356. The van der Waals surface area contributed by atoms with Gasteiger partial charge in [-0.25, -0.2) is 0 Å². The third-order valence-electron chi connectivity index (χ3n) is 14.8. The Morgan fingerprint density at radius 2 is 1.37 bits per heavy atom. The summed E-state index contributed by atoms with van der Waals surface area (Å²) in [5, 5.41) is 3.81. The topological polar surface area (TPSA) is 47.3 Å². The van der Waals surface area contributed by atoms with Crippen LogP contribution in [0, 0.1) is 46.3 Å². The molecule has 3 heteroatoms. The van der Waals surface area contributed by atoms with Crippen molar-refractivity contribution < 1.29 is 4.74 Å². The number of unbranched alkanes of at least 4 members (excludes halogenated alkanes) is 13. The fourth-order valence-corrected chi connectivity index (χ4v) is 12.1. The average molecular weight is 643 g/mol. The van der Waals surface area contributed by atoms with Crippen molar-refractivity contribution in [2.45, 2.75) is 201 Å². The lowest BCUT2D eigenvalue weighted by Crippen LogP contribution is -2.58. The van der Waals surface area contributed by atoms with Gasteiger partial charge >= 0.3 is 0 Å². The predicted octanol–water partition coefficient (Wildman–Crippen LogP) is 11.9. The molecule has 46 heavy (non-hydrogen) atoms. The molecule has 0 spiro atoms. The van der Waals surface area contributed by atoms with Gasteiger partial charge in [0.2, 0.25) is 0 Å². The van der Waals surface area contributed by atoms with Crippen LogP contribution in [0.3, 0.4) is 0 Å². The third kappa shape index (κ3) is 10.2. The lowest BCUT2D eigenvalue weighted by Gasteiger charge is -2.62. The number of hydrogen-bond donors (Lipinski definition) is 2. The Hall–Kier alpha value is -0.120. The van der Waals surface area contributed by atoms with Crippen molar-refractivity contribution in [3.05, 3.63) is 0 Å². The quantitative estimate of drug-likeness (QED) is 0.103. The van der Waals surface area contributed by atoms with Crippen molar-refractivity contribution in [1.29, 1.82) is 0 Å². The maximum Gasteiger partial charge on any atom is 0.0637 e. The zero-order valence-electron chi connectivity index (χ0n) is 31.7. The van der Waals surface area contributed by atoms with Crippen molar-refractivity contribution in [1.82, 2.24) is 5.32 Å². The molecular weight excluding hydrogens is 560 g/mol. The zero-order chi connectivity index (χ0) is 32.7. The molecule has 0 saturated heterocycles. The lowest BCUT2D eigenvalue weighted by molar-refractivity contribution is -0.185. The van der Waals surface area contributed by atoms with E-state index in [0.717, 1.165) is 55.1 Å². The van der Waals surface area contributed by atoms with E-state index in [9.17, 15) is 0 Å². The molecule has 7 unspecified atom stereocenters. The average Bonchev–Trinajstić information content (AvgIpc) is 3.42. The van der Waals surface area contributed by atoms with Crippen LogP contribution >= 0.6 is 0 Å². The van der Waals surface area contributed by atoms with Crippen molar-refractivity contribution in [3.8, 4) is 0 Å². The standard InChI is InChI=1S/C43H82N2O/c1-5-6-7-8-9-10-11-12-13-14-15-16-17-20-31-45-32-21-23-35(2)38-27-28-39-37-26-25-36-24-18-19-29-42(36,3)40(37)34-41(43(38,39)4)46-33-22-30-44/h35-41,45H,5-34,44H2,1-4H3/t35-,36?,37?,38?,39?,40?,41+,42?,43?/m1/s1. The Kier molecular flexibility index (Phi) is 17.3. The van der Waals surface area contributed by atoms with Crippen LogP contribution in [0.25, 0.3) is 0 Å². The van der Waals surface area contributed by atoms with Gasteiger partial charge in [0.15, 0.2) is 0 Å². The second kappa shape index (κ2) is 20.5. The predicted molar refractivity (Wildman–Crippen MR) is 200 cm³/mol. The van der Waals surface area contributed by atoms with Gasteiger partial charge in [-0.2, -0.15) is 0 Å². The molecule has 0 radical (unpaired) electrons. The fourth-order valence-electron chi connectivity index (χ4n) is 12.1. The molecule has 4 saturated carbocycles. The van der Waals surface area contributed by atoms with E-state index in [-0.39, 0.29) is 0 Å². The summed E-state index contributed by atoms with van der Waals surface area (Å²) in [5.74, 6) is 5.31. The third-order valence-corrected chi connectivity index (χ3v) is 14.8. The molecule has 0 aromatic carbocycles. The molecule has 4 aliphatic rings. The van der Waals surface area contributed by atoms with Crippen LogP contribution in [0.2, 0.25) is 0 Å². The summed E-state index contributed by atoms with van der Waals surface area (Å²) in [7, 11) is 0. The summed E-state index contributed by atoms with van der Waals surface area (Å²) < 4.78 is 6.94. The first-order valence-electron chi connectivity index (χ1n) is 21.5. The number of fused-ring (bicyclic) bond motifs is 5. The molecule has 0 heterocycles. The molecule has 4 fully saturated rings. The summed E-state index contributed by atoms with van der Waals surface area (Å²) in [4.78, 5) is 0. The van der Waals surface area contributed by atoms with Crippen molar-refractivity contribution >= 4 is 0 Å². The second-order valence-electron chi connectivity index (χ2n) is 17.7. The van der Waals surface area contributed by atoms with Crippen molar-refractivity contribution in [2.75, 3.05) is 26.2 Å². The molecule has 0 amide bonds. The van der Waals surface area contributed by atoms with Crippen LogP contribution in [-0.4, -0.2) is 32.3 Å². The zero-order valence-corrected chi connectivity index (χ0v) is 31.7. The molecule has 4 rings (SSSR count). The molecule has 3 nitrogen and oxygen atoms in total. The Bertz CT molecular complexity index is 802. The van der Waals surface area contributed by atoms with Crippen LogP contribution in [0.15, 0.2) is 0 Å². The van der Waals surface area contributed by atoms with Crippen molar-refractivity contribution in [2.24, 2.45) is 52.1 Å². The molecule has 0 aromatic rings. The van der Waals surface area contributed by atoms with E-state index in [2.05, 4.69) is 33.0 Å². The number of rotatable bonds is 24. The van der Waals surface area contributed by atoms with Gasteiger partial charge in [0, 0.05) is 6.61 Å². The second-order valence-corrected chi connectivity index (χ2v) is 17.7. The van der Waals surface area contributed by atoms with E-state index in [4.69, 9.17) is 10.5 Å². The summed E-state index contributed by atoms with van der Waals surface area (Å²) in [6, 6.07) is 0. The maximum atomic E-state index is 6.94. The lowest BCUT2D eigenvalue weighted by atomic mass is 9.44. The van der Waals surface area contributed by atoms with Crippen LogP contribution in [0.1, 0.15) is 195 Å². The van der Waals surface area contributed by atoms with Crippen LogP contribution in [-0.2, 0) is 4.74 Å². The highest BCUT2D eigenvalue weighted by molar-refractivity contribution is 5.12. The summed E-state index contributed by atoms with van der Waals surface area (Å²) >= 11 is 0. The van der Waals surface area contributed by atoms with Gasteiger partial charge in [0.25, 0.3) is 0 Å². The highest BCUT2D eigenvalue weighted by atomic mass is 16.5. The normalized spacial score (nSPS) is 34.6. The van der Waals surface area contributed by atoms with Gasteiger partial charge in [-0.1, -0.05) is 124 Å². The van der Waals surface area contributed by atoms with E-state index in [1.807, 2.05) is 0 Å². The molecular formula is C43H82N2O. The van der Waals surface area contributed by atoms with Gasteiger partial charge in [0.05, 0.1) is 6.10 Å². The van der Waals surface area contributed by atoms with E-state index in [1.165, 1.54) is 174 Å². The largest absolute Gasteiger partial charge is 0.378 e. The number of ether oxygens (including phenoxy) is 1. The SMILES string of the molecule is CCCCCCCCCCCCCCCCNCCC[C@@H](C)C1CCC2C3CCC4CCCCC4(C)C3C[C@H](OCCCN)C21C. The highest BCUT2D eigenvalue weighted by Gasteiger charge is 2.63. The van der Waals surface area contributed by atoms with E-state index in [0.29, 0.717) is 16.9 Å². The Labute approximate surface area is 288 Å². The van der Waals surface area contributed by atoms with Crippen LogP contribution in [0.4, 0.5) is 0 Å². The number of nitrogens with one attached hydrogen (secondary N) is 1. The summed E-state index contributed by atoms with van der Waals surface area (Å²) in [6.07, 6.45) is 37.5. The van der Waals surface area contributed by atoms with Gasteiger partial charge in [0.1, 0.15) is 0 Å². The Balaban J connectivity index is 1.12. The summed E-state index contributed by atoms with van der Waals surface area (Å²) in [5.41, 5.74) is 6.87. The Morgan fingerprint density at radius 1 is 0.717 bits per heavy atom. The molecule has 0 bridgehead atoms. The number of nitrogens with two attached hydrogens (primary N) is 1. The molecule has 270 valence electrons. The molecule has 3 N–H and O–H groups in total. The first kappa shape index (κ1) is 38.7. The highest BCUT2D eigenvalue weighted by Crippen LogP contribution is 2.69. The first-order chi connectivity index (χ1) is 22.5. The summed E-state index contributed by atoms with van der Waals surface area (Å²) in [6.45, 7) is 14.4. The minimum Gasteiger partial charge on any atom is -0.378 e. The fraction of sp³-hybridized carbons (Fsp3) is 1.00. The molecule has 0 aliphatic heterocycles. The van der Waals surface area contributed by atoms with Crippen molar-refractivity contribution in [3.63, 3.8) is 0 Å². The minimum absolute atomic E-state index is 0.356. The van der Waals surface area contributed by atoms with E-state index < -0.39 is 0 Å². The van der Waals surface area contributed by atoms with E-state index >= 15 is 0 Å². The molecule has 0 aromatic heterocycles. The molecule has 4 aliphatic carbocycles. The monoisotopic (exact) mass is 643 g/mol.